The van der Waals surface area contributed by atoms with E-state index in [4.69, 9.17) is 11.6 Å². The second kappa shape index (κ2) is 11.8. The Morgan fingerprint density at radius 3 is 1.67 bits per heavy atom. The minimum absolute atomic E-state index is 0.00786. The highest BCUT2D eigenvalue weighted by atomic mass is 35.5. The van der Waals surface area contributed by atoms with Crippen LogP contribution in [0.3, 0.4) is 0 Å². The van der Waals surface area contributed by atoms with Gasteiger partial charge in [-0.2, -0.15) is 9.97 Å². The van der Waals surface area contributed by atoms with Crippen LogP contribution in [0, 0.1) is 0 Å². The molecule has 1 aromatic heterocycles. The Morgan fingerprint density at radius 2 is 1.13 bits per heavy atom. The molecule has 0 aliphatic carbocycles. The number of anilines is 4. The van der Waals surface area contributed by atoms with Gasteiger partial charge < -0.3 is 16.0 Å². The first-order chi connectivity index (χ1) is 19.0. The second-order valence-electron chi connectivity index (χ2n) is 8.29. The van der Waals surface area contributed by atoms with E-state index in [1.807, 2.05) is 36.4 Å². The lowest BCUT2D eigenvalue weighted by atomic mass is 10.2. The average Bonchev–Trinajstić information content (AvgIpc) is 2.96. The van der Waals surface area contributed by atoms with Crippen molar-refractivity contribution in [2.75, 3.05) is 16.0 Å². The van der Waals surface area contributed by atoms with E-state index >= 15 is 0 Å². The Kier molecular flexibility index (Phi) is 7.71. The summed E-state index contributed by atoms with van der Waals surface area (Å²) in [6, 6.07) is 32.1. The Bertz CT molecular complexity index is 1650. The molecule has 9 nitrogen and oxygen atoms in total. The molecule has 5 rings (SSSR count). The van der Waals surface area contributed by atoms with Gasteiger partial charge in [-0.1, -0.05) is 36.4 Å². The highest BCUT2D eigenvalue weighted by molar-refractivity contribution is 6.28. The maximum atomic E-state index is 12.3. The van der Waals surface area contributed by atoms with Crippen molar-refractivity contribution >= 4 is 52.1 Å². The van der Waals surface area contributed by atoms with Crippen molar-refractivity contribution in [2.45, 2.75) is 0 Å². The van der Waals surface area contributed by atoms with Crippen molar-refractivity contribution in [1.29, 1.82) is 0 Å². The quantitative estimate of drug-likeness (QED) is 0.205. The van der Waals surface area contributed by atoms with E-state index in [1.54, 1.807) is 72.8 Å². The summed E-state index contributed by atoms with van der Waals surface area (Å²) < 4.78 is 0. The van der Waals surface area contributed by atoms with Crippen LogP contribution >= 0.6 is 11.6 Å². The van der Waals surface area contributed by atoms with E-state index in [-0.39, 0.29) is 22.7 Å². The fraction of sp³-hybridized carbons (Fsp3) is 0. The molecule has 192 valence electrons. The molecule has 0 radical (unpaired) electrons. The van der Waals surface area contributed by atoms with Gasteiger partial charge in [0.1, 0.15) is 0 Å². The van der Waals surface area contributed by atoms with Gasteiger partial charge in [-0.15, -0.1) is 0 Å². The van der Waals surface area contributed by atoms with Crippen LogP contribution in [0.15, 0.2) is 114 Å². The molecule has 39 heavy (non-hydrogen) atoms. The van der Waals surface area contributed by atoms with E-state index in [2.05, 4.69) is 35.9 Å². The number of halogens is 1. The van der Waals surface area contributed by atoms with E-state index in [0.717, 1.165) is 0 Å². The smallest absolute Gasteiger partial charge is 0.255 e. The maximum absolute atomic E-state index is 12.3. The van der Waals surface area contributed by atoms with Crippen LogP contribution in [0.2, 0.25) is 5.28 Å². The standard InChI is InChI=1S/C29H22ClN7O2/c30-27-35-28(33-23-15-11-21(12-16-23)31-25(38)19-7-3-1-4-8-19)37-29(36-27)34-24-17-13-22(14-18-24)32-26(39)20-9-5-2-6-10-20/h1-18H,(H,31,38)(H,32,39)(H2,33,34,35,36,37). The second-order valence-corrected chi connectivity index (χ2v) is 8.63. The molecule has 1 heterocycles. The number of amides is 2. The molecule has 0 fully saturated rings. The summed E-state index contributed by atoms with van der Waals surface area (Å²) in [5, 5.41) is 8.83. The lowest BCUT2D eigenvalue weighted by Gasteiger charge is -2.08. The third-order valence-corrected chi connectivity index (χ3v) is 5.64. The number of rotatable bonds is 7. The van der Waals surface area contributed by atoms with Gasteiger partial charge in [0.05, 0.1) is 5.69 Å². The monoisotopic (exact) mass is 535 g/mol. The molecule has 0 bridgehead atoms. The van der Waals surface area contributed by atoms with Crippen molar-refractivity contribution in [3.8, 4) is 0 Å². The number of nitrogens with zero attached hydrogens (tertiary/aromatic N) is 3. The summed E-state index contributed by atoms with van der Waals surface area (Å²) in [4.78, 5) is 40.5. The minimum atomic E-state index is -0.196. The molecular formula is C29H22ClN7O2. The van der Waals surface area contributed by atoms with Gasteiger partial charge >= 0.3 is 0 Å². The fourth-order valence-electron chi connectivity index (χ4n) is 3.58. The summed E-state index contributed by atoms with van der Waals surface area (Å²) in [5.41, 5.74) is 3.99. The number of hydrogen-bond acceptors (Lipinski definition) is 6. The van der Waals surface area contributed by atoms with Gasteiger partial charge in [0.15, 0.2) is 0 Å². The summed E-state index contributed by atoms with van der Waals surface area (Å²) in [5.74, 6) is -0.0508. The van der Waals surface area contributed by atoms with Crippen LogP contribution in [-0.2, 0) is 0 Å². The molecule has 0 aliphatic heterocycles. The zero-order valence-corrected chi connectivity index (χ0v) is 21.2. The summed E-state index contributed by atoms with van der Waals surface area (Å²) in [7, 11) is 0. The highest BCUT2D eigenvalue weighted by Gasteiger charge is 2.07. The van der Waals surface area contributed by atoms with Crippen LogP contribution in [0.1, 0.15) is 20.7 Å². The summed E-state index contributed by atoms with van der Waals surface area (Å²) >= 11 is 6.13. The number of carbonyl (C=O) groups is 2. The molecule has 4 aromatic carbocycles. The van der Waals surface area contributed by atoms with Crippen LogP contribution in [-0.4, -0.2) is 26.8 Å². The van der Waals surface area contributed by atoms with Gasteiger partial charge in [0.2, 0.25) is 16.9 Å². The lowest BCUT2D eigenvalue weighted by Crippen LogP contribution is -2.16. The van der Waals surface area contributed by atoms with E-state index in [9.17, 15) is 9.59 Å². The molecule has 0 atom stereocenters. The topological polar surface area (TPSA) is 124 Å². The molecule has 0 saturated carbocycles. The molecule has 0 aliphatic rings. The fourth-order valence-corrected chi connectivity index (χ4v) is 3.74. The molecule has 0 unspecified atom stereocenters. The number of carbonyl (C=O) groups excluding carboxylic acids is 2. The zero-order valence-electron chi connectivity index (χ0n) is 20.4. The van der Waals surface area contributed by atoms with Crippen LogP contribution in [0.4, 0.5) is 28.7 Å². The van der Waals surface area contributed by atoms with E-state index < -0.39 is 0 Å². The maximum Gasteiger partial charge on any atom is 0.255 e. The Morgan fingerprint density at radius 1 is 0.641 bits per heavy atom. The van der Waals surface area contributed by atoms with E-state index in [0.29, 0.717) is 39.8 Å². The molecule has 5 aromatic rings. The Hall–Kier alpha value is -5.28. The zero-order chi connectivity index (χ0) is 27.0. The largest absolute Gasteiger partial charge is 0.326 e. The number of aromatic amines is 1. The van der Waals surface area contributed by atoms with Crippen molar-refractivity contribution in [2.24, 2.45) is 4.99 Å². The first-order valence-electron chi connectivity index (χ1n) is 11.9. The van der Waals surface area contributed by atoms with Crippen molar-refractivity contribution in [1.82, 2.24) is 15.0 Å². The molecule has 4 N–H and O–H groups in total. The molecule has 0 saturated heterocycles. The number of benzene rings is 4. The number of hydrogen-bond donors (Lipinski definition) is 4. The lowest BCUT2D eigenvalue weighted by molar-refractivity contribution is 0.101. The van der Waals surface area contributed by atoms with Crippen LogP contribution < -0.4 is 21.6 Å². The number of H-pyrrole nitrogens is 1. The van der Waals surface area contributed by atoms with Gasteiger partial charge in [-0.05, 0) is 84.4 Å². The number of aromatic nitrogens is 3. The van der Waals surface area contributed by atoms with Crippen LogP contribution in [0.25, 0.3) is 0 Å². The van der Waals surface area contributed by atoms with Crippen molar-refractivity contribution < 1.29 is 9.59 Å². The average molecular weight is 536 g/mol. The SMILES string of the molecule is O=C(Nc1ccc(N=c2nc(Cl)nc(Nc3ccc(NC(=O)c4ccccc4)cc3)[nH]2)cc1)c1ccccc1. The predicted octanol–water partition coefficient (Wildman–Crippen LogP) is 5.94. The van der Waals surface area contributed by atoms with Crippen molar-refractivity contribution in [3.05, 3.63) is 131 Å². The Labute approximate surface area is 228 Å². The normalized spacial score (nSPS) is 11.1. The molecule has 0 spiro atoms. The van der Waals surface area contributed by atoms with Crippen LogP contribution in [0.5, 0.6) is 0 Å². The van der Waals surface area contributed by atoms with Gasteiger partial charge in [-0.3, -0.25) is 14.6 Å². The summed E-state index contributed by atoms with van der Waals surface area (Å²) in [6.45, 7) is 0. The Balaban J connectivity index is 1.25. The minimum Gasteiger partial charge on any atom is -0.326 e. The molecule has 10 heteroatoms. The van der Waals surface area contributed by atoms with Gasteiger partial charge in [0, 0.05) is 28.2 Å². The third kappa shape index (κ3) is 6.94. The van der Waals surface area contributed by atoms with E-state index in [1.165, 1.54) is 0 Å². The van der Waals surface area contributed by atoms with Gasteiger partial charge in [-0.25, -0.2) is 4.99 Å². The number of nitrogens with one attached hydrogen (secondary N) is 4. The first kappa shape index (κ1) is 25.4. The third-order valence-electron chi connectivity index (χ3n) is 5.47. The van der Waals surface area contributed by atoms with Gasteiger partial charge in [0.25, 0.3) is 11.8 Å². The van der Waals surface area contributed by atoms with Crippen molar-refractivity contribution in [3.63, 3.8) is 0 Å². The predicted molar refractivity (Wildman–Crippen MR) is 152 cm³/mol. The highest BCUT2D eigenvalue weighted by Crippen LogP contribution is 2.19. The summed E-state index contributed by atoms with van der Waals surface area (Å²) in [6.07, 6.45) is 0. The molecule has 2 amide bonds. The molecular weight excluding hydrogens is 514 g/mol. The first-order valence-corrected chi connectivity index (χ1v) is 12.3.